The Morgan fingerprint density at radius 2 is 2.05 bits per heavy atom. The lowest BCUT2D eigenvalue weighted by Crippen LogP contribution is -2.12. The molecule has 0 aliphatic carbocycles. The van der Waals surface area contributed by atoms with Crippen LogP contribution in [0.4, 0.5) is 10.1 Å². The van der Waals surface area contributed by atoms with Gasteiger partial charge in [-0.2, -0.15) is 0 Å². The topological polar surface area (TPSA) is 79.5 Å². The number of benzene rings is 1. The fourth-order valence-corrected chi connectivity index (χ4v) is 1.50. The van der Waals surface area contributed by atoms with E-state index < -0.39 is 17.7 Å². The van der Waals surface area contributed by atoms with E-state index in [0.29, 0.717) is 0 Å². The predicted octanol–water partition coefficient (Wildman–Crippen LogP) is 3.02. The first-order valence-electron chi connectivity index (χ1n) is 5.05. The number of carbonyl (C=O) groups is 2. The van der Waals surface area contributed by atoms with Gasteiger partial charge in [0.05, 0.1) is 11.3 Å². The normalized spacial score (nSPS) is 10.2. The Hall–Kier alpha value is -2.34. The van der Waals surface area contributed by atoms with Gasteiger partial charge >= 0.3 is 5.97 Å². The van der Waals surface area contributed by atoms with Gasteiger partial charge in [-0.15, -0.1) is 0 Å². The van der Waals surface area contributed by atoms with Crippen molar-refractivity contribution >= 4 is 29.2 Å². The summed E-state index contributed by atoms with van der Waals surface area (Å²) >= 11 is 5.57. The zero-order chi connectivity index (χ0) is 14.0. The van der Waals surface area contributed by atoms with Crippen molar-refractivity contribution in [1.82, 2.24) is 0 Å². The second-order valence-electron chi connectivity index (χ2n) is 3.58. The van der Waals surface area contributed by atoms with Gasteiger partial charge in [-0.3, -0.25) is 4.79 Å². The van der Waals surface area contributed by atoms with Gasteiger partial charge in [-0.25, -0.2) is 9.18 Å². The minimum atomic E-state index is -1.22. The van der Waals surface area contributed by atoms with Gasteiger partial charge in [-0.1, -0.05) is 11.6 Å². The lowest BCUT2D eigenvalue weighted by molar-refractivity contribution is 0.0696. The van der Waals surface area contributed by atoms with E-state index in [9.17, 15) is 14.0 Å². The zero-order valence-corrected chi connectivity index (χ0v) is 10.1. The van der Waals surface area contributed by atoms with Crippen LogP contribution >= 0.6 is 11.6 Å². The van der Waals surface area contributed by atoms with Crippen molar-refractivity contribution in [2.24, 2.45) is 0 Å². The van der Waals surface area contributed by atoms with Crippen molar-refractivity contribution < 1.29 is 23.5 Å². The van der Waals surface area contributed by atoms with Gasteiger partial charge in [0.1, 0.15) is 12.1 Å². The monoisotopic (exact) mass is 283 g/mol. The average Bonchev–Trinajstić information content (AvgIpc) is 2.82. The third-order valence-corrected chi connectivity index (χ3v) is 2.48. The molecule has 19 heavy (non-hydrogen) atoms. The largest absolute Gasteiger partial charge is 0.478 e. The Bertz CT molecular complexity index is 653. The van der Waals surface area contributed by atoms with E-state index in [-0.39, 0.29) is 22.0 Å². The molecule has 7 heteroatoms. The van der Waals surface area contributed by atoms with E-state index in [0.717, 1.165) is 18.4 Å². The number of carboxylic acids is 1. The number of rotatable bonds is 3. The number of aromatic carboxylic acids is 1. The lowest BCUT2D eigenvalue weighted by atomic mass is 10.2. The molecule has 2 rings (SSSR count). The summed E-state index contributed by atoms with van der Waals surface area (Å²) in [5.41, 5.74) is -0.246. The summed E-state index contributed by atoms with van der Waals surface area (Å²) in [7, 11) is 0. The fraction of sp³-hybridized carbons (Fsp3) is 0. The lowest BCUT2D eigenvalue weighted by Gasteiger charge is -2.04. The second kappa shape index (κ2) is 5.11. The minimum Gasteiger partial charge on any atom is -0.478 e. The summed E-state index contributed by atoms with van der Waals surface area (Å²) in [6.45, 7) is 0. The van der Waals surface area contributed by atoms with Crippen molar-refractivity contribution in [3.8, 4) is 0 Å². The Morgan fingerprint density at radius 3 is 2.63 bits per heavy atom. The molecule has 0 saturated carbocycles. The van der Waals surface area contributed by atoms with E-state index >= 15 is 0 Å². The smallest absolute Gasteiger partial charge is 0.338 e. The number of halogens is 2. The SMILES string of the molecule is O=C(O)c1coc(C(=O)Nc2ccc(Cl)cc2F)c1. The molecule has 0 radical (unpaired) electrons. The van der Waals surface area contributed by atoms with Crippen molar-refractivity contribution in [2.45, 2.75) is 0 Å². The third kappa shape index (κ3) is 2.92. The third-order valence-electron chi connectivity index (χ3n) is 2.25. The van der Waals surface area contributed by atoms with Crippen LogP contribution in [0.1, 0.15) is 20.9 Å². The molecule has 1 heterocycles. The average molecular weight is 284 g/mol. The summed E-state index contributed by atoms with van der Waals surface area (Å²) in [6, 6.07) is 4.79. The molecular formula is C12H7ClFNO4. The molecule has 0 spiro atoms. The molecule has 0 unspecified atom stereocenters. The number of anilines is 1. The van der Waals surface area contributed by atoms with E-state index in [1.807, 2.05) is 0 Å². The molecule has 5 nitrogen and oxygen atoms in total. The molecule has 1 aromatic heterocycles. The molecule has 2 N–H and O–H groups in total. The molecule has 0 saturated heterocycles. The van der Waals surface area contributed by atoms with E-state index in [1.54, 1.807) is 0 Å². The molecular weight excluding hydrogens is 277 g/mol. The quantitative estimate of drug-likeness (QED) is 0.907. The van der Waals surface area contributed by atoms with Crippen molar-refractivity contribution in [3.63, 3.8) is 0 Å². The number of hydrogen-bond acceptors (Lipinski definition) is 3. The highest BCUT2D eigenvalue weighted by atomic mass is 35.5. The van der Waals surface area contributed by atoms with Crippen LogP contribution in [0.25, 0.3) is 0 Å². The number of carboxylic acid groups (broad SMARTS) is 1. The van der Waals surface area contributed by atoms with Crippen LogP contribution in [-0.2, 0) is 0 Å². The summed E-state index contributed by atoms with van der Waals surface area (Å²) in [4.78, 5) is 22.3. The molecule has 1 aromatic carbocycles. The molecule has 2 aromatic rings. The molecule has 98 valence electrons. The van der Waals surface area contributed by atoms with Crippen LogP contribution in [-0.4, -0.2) is 17.0 Å². The zero-order valence-electron chi connectivity index (χ0n) is 9.31. The van der Waals surface area contributed by atoms with Crippen LogP contribution in [0.5, 0.6) is 0 Å². The highest BCUT2D eigenvalue weighted by Crippen LogP contribution is 2.20. The van der Waals surface area contributed by atoms with E-state index in [4.69, 9.17) is 21.1 Å². The first kappa shape index (κ1) is 13.1. The van der Waals surface area contributed by atoms with Gasteiger partial charge in [-0.05, 0) is 18.2 Å². The van der Waals surface area contributed by atoms with Gasteiger partial charge in [0, 0.05) is 11.1 Å². The molecule has 0 atom stereocenters. The van der Waals surface area contributed by atoms with Crippen LogP contribution in [0, 0.1) is 5.82 Å². The number of nitrogens with one attached hydrogen (secondary N) is 1. The fourth-order valence-electron chi connectivity index (χ4n) is 1.34. The summed E-state index contributed by atoms with van der Waals surface area (Å²) < 4.78 is 18.2. The molecule has 0 aliphatic rings. The first-order valence-corrected chi connectivity index (χ1v) is 5.43. The maximum absolute atomic E-state index is 13.4. The second-order valence-corrected chi connectivity index (χ2v) is 4.02. The number of hydrogen-bond donors (Lipinski definition) is 2. The molecule has 0 aliphatic heterocycles. The summed E-state index contributed by atoms with van der Waals surface area (Å²) in [5, 5.41) is 11.1. The number of carbonyl (C=O) groups excluding carboxylic acids is 1. The number of amides is 1. The summed E-state index contributed by atoms with van der Waals surface area (Å²) in [6.07, 6.45) is 0.926. The Morgan fingerprint density at radius 1 is 1.32 bits per heavy atom. The molecule has 0 fully saturated rings. The van der Waals surface area contributed by atoms with E-state index in [2.05, 4.69) is 5.32 Å². The van der Waals surface area contributed by atoms with Crippen molar-refractivity contribution in [1.29, 1.82) is 0 Å². The van der Waals surface area contributed by atoms with Gasteiger partial charge in [0.2, 0.25) is 0 Å². The van der Waals surface area contributed by atoms with Gasteiger partial charge in [0.15, 0.2) is 5.76 Å². The maximum Gasteiger partial charge on any atom is 0.338 e. The maximum atomic E-state index is 13.4. The molecule has 0 bridgehead atoms. The number of furan rings is 1. The van der Waals surface area contributed by atoms with Crippen LogP contribution in [0.3, 0.4) is 0 Å². The standard InChI is InChI=1S/C12H7ClFNO4/c13-7-1-2-9(8(14)4-7)15-11(16)10-3-6(5-19-10)12(17)18/h1-5H,(H,15,16)(H,17,18). The van der Waals surface area contributed by atoms with Crippen LogP contribution in [0.2, 0.25) is 5.02 Å². The van der Waals surface area contributed by atoms with Crippen LogP contribution in [0.15, 0.2) is 34.9 Å². The van der Waals surface area contributed by atoms with Gasteiger partial charge < -0.3 is 14.8 Å². The Labute approximate surface area is 111 Å². The Kier molecular flexibility index (Phi) is 3.52. The van der Waals surface area contributed by atoms with Gasteiger partial charge in [0.25, 0.3) is 5.91 Å². The van der Waals surface area contributed by atoms with Crippen LogP contribution < -0.4 is 5.32 Å². The highest BCUT2D eigenvalue weighted by Gasteiger charge is 2.16. The van der Waals surface area contributed by atoms with Crippen molar-refractivity contribution in [2.75, 3.05) is 5.32 Å². The van der Waals surface area contributed by atoms with E-state index in [1.165, 1.54) is 12.1 Å². The predicted molar refractivity (Wildman–Crippen MR) is 65.0 cm³/mol. The molecule has 1 amide bonds. The minimum absolute atomic E-state index is 0.0809. The summed E-state index contributed by atoms with van der Waals surface area (Å²) in [5.74, 6) is -2.91. The van der Waals surface area contributed by atoms with Crippen molar-refractivity contribution in [3.05, 3.63) is 52.7 Å². The first-order chi connectivity index (χ1) is 8.97. The Balaban J connectivity index is 2.18. The highest BCUT2D eigenvalue weighted by molar-refractivity contribution is 6.30.